The monoisotopic (exact) mass is 254 g/mol. The van der Waals surface area contributed by atoms with E-state index < -0.39 is 9.84 Å². The Morgan fingerprint density at radius 1 is 1.24 bits per heavy atom. The van der Waals surface area contributed by atoms with Gasteiger partial charge in [-0.3, -0.25) is 0 Å². The van der Waals surface area contributed by atoms with Crippen LogP contribution in [0.1, 0.15) is 31.7 Å². The molecule has 0 spiro atoms. The Hall–Kier alpha value is -0.870. The summed E-state index contributed by atoms with van der Waals surface area (Å²) in [5.41, 5.74) is 0.986. The van der Waals surface area contributed by atoms with Gasteiger partial charge in [0, 0.05) is 6.26 Å². The molecule has 0 heterocycles. The first kappa shape index (κ1) is 12.6. The quantitative estimate of drug-likeness (QED) is 0.877. The molecule has 1 aliphatic carbocycles. The molecular formula is C13H18O3S. The first-order valence-corrected chi connectivity index (χ1v) is 7.60. The number of aliphatic hydroxyl groups excluding tert-OH is 1. The Bertz CT molecular complexity index is 514. The Balaban J connectivity index is 2.26. The maximum atomic E-state index is 11.3. The molecule has 0 aliphatic heterocycles. The average Bonchev–Trinajstić information content (AvgIpc) is 2.25. The third kappa shape index (κ3) is 2.11. The maximum absolute atomic E-state index is 11.3. The molecule has 2 atom stereocenters. The van der Waals surface area contributed by atoms with Crippen molar-refractivity contribution in [3.63, 3.8) is 0 Å². The minimum atomic E-state index is -3.12. The van der Waals surface area contributed by atoms with Crippen molar-refractivity contribution in [1.29, 1.82) is 0 Å². The SMILES string of the molecule is CC1(C)C(O)CC1c1ccc(S(C)(=O)=O)cc1. The van der Waals surface area contributed by atoms with Crippen LogP contribution in [-0.4, -0.2) is 25.9 Å². The maximum Gasteiger partial charge on any atom is 0.175 e. The minimum absolute atomic E-state index is 0.118. The van der Waals surface area contributed by atoms with Gasteiger partial charge in [0.15, 0.2) is 9.84 Å². The molecule has 2 unspecified atom stereocenters. The van der Waals surface area contributed by atoms with Crippen molar-refractivity contribution < 1.29 is 13.5 Å². The molecular weight excluding hydrogens is 236 g/mol. The average molecular weight is 254 g/mol. The van der Waals surface area contributed by atoms with Crippen LogP contribution < -0.4 is 0 Å². The van der Waals surface area contributed by atoms with Gasteiger partial charge in [0.05, 0.1) is 11.0 Å². The first-order valence-electron chi connectivity index (χ1n) is 5.71. The number of rotatable bonds is 2. The zero-order chi connectivity index (χ0) is 12.8. The van der Waals surface area contributed by atoms with Crippen LogP contribution in [0, 0.1) is 5.41 Å². The summed E-state index contributed by atoms with van der Waals surface area (Å²) in [4.78, 5) is 0.346. The van der Waals surface area contributed by atoms with Gasteiger partial charge in [0.2, 0.25) is 0 Å². The molecule has 0 bridgehead atoms. The fourth-order valence-corrected chi connectivity index (χ4v) is 3.05. The Morgan fingerprint density at radius 3 is 2.12 bits per heavy atom. The highest BCUT2D eigenvalue weighted by atomic mass is 32.2. The standard InChI is InChI=1S/C13H18O3S/c1-13(2)11(8-12(13)14)9-4-6-10(7-5-9)17(3,15)16/h4-7,11-12,14H,8H2,1-3H3. The molecule has 1 aromatic carbocycles. The molecule has 3 nitrogen and oxygen atoms in total. The summed E-state index contributed by atoms with van der Waals surface area (Å²) in [7, 11) is -3.12. The van der Waals surface area contributed by atoms with Gasteiger partial charge in [-0.05, 0) is 35.4 Å². The molecule has 0 saturated heterocycles. The van der Waals surface area contributed by atoms with Crippen LogP contribution in [0.25, 0.3) is 0 Å². The van der Waals surface area contributed by atoms with Crippen LogP contribution in [-0.2, 0) is 9.84 Å². The van der Waals surface area contributed by atoms with Crippen LogP contribution in [0.2, 0.25) is 0 Å². The van der Waals surface area contributed by atoms with E-state index in [0.29, 0.717) is 10.8 Å². The second kappa shape index (κ2) is 3.82. The fraction of sp³-hybridized carbons (Fsp3) is 0.538. The molecule has 0 radical (unpaired) electrons. The number of hydrogen-bond acceptors (Lipinski definition) is 3. The van der Waals surface area contributed by atoms with Crippen molar-refractivity contribution >= 4 is 9.84 Å². The number of hydrogen-bond donors (Lipinski definition) is 1. The highest BCUT2D eigenvalue weighted by Crippen LogP contribution is 2.52. The Kier molecular flexibility index (Phi) is 2.83. The number of benzene rings is 1. The lowest BCUT2D eigenvalue weighted by Crippen LogP contribution is -2.47. The smallest absolute Gasteiger partial charge is 0.175 e. The summed E-state index contributed by atoms with van der Waals surface area (Å²) < 4.78 is 22.7. The van der Waals surface area contributed by atoms with E-state index in [-0.39, 0.29) is 11.5 Å². The zero-order valence-corrected chi connectivity index (χ0v) is 11.2. The van der Waals surface area contributed by atoms with Gasteiger partial charge in [-0.15, -0.1) is 0 Å². The molecule has 94 valence electrons. The van der Waals surface area contributed by atoms with Gasteiger partial charge < -0.3 is 5.11 Å². The molecule has 0 aromatic heterocycles. The summed E-state index contributed by atoms with van der Waals surface area (Å²) in [6, 6.07) is 7.00. The highest BCUT2D eigenvalue weighted by molar-refractivity contribution is 7.90. The largest absolute Gasteiger partial charge is 0.393 e. The lowest BCUT2D eigenvalue weighted by Gasteiger charge is -2.49. The van der Waals surface area contributed by atoms with E-state index in [1.807, 2.05) is 26.0 Å². The third-order valence-electron chi connectivity index (χ3n) is 3.93. The van der Waals surface area contributed by atoms with E-state index in [4.69, 9.17) is 0 Å². The molecule has 1 saturated carbocycles. The topological polar surface area (TPSA) is 54.4 Å². The zero-order valence-electron chi connectivity index (χ0n) is 10.3. The van der Waals surface area contributed by atoms with E-state index in [9.17, 15) is 13.5 Å². The Morgan fingerprint density at radius 2 is 1.76 bits per heavy atom. The fourth-order valence-electron chi connectivity index (χ4n) is 2.42. The predicted molar refractivity (Wildman–Crippen MR) is 66.7 cm³/mol. The van der Waals surface area contributed by atoms with Crippen LogP contribution in [0.4, 0.5) is 0 Å². The van der Waals surface area contributed by atoms with Crippen molar-refractivity contribution in [3.8, 4) is 0 Å². The van der Waals surface area contributed by atoms with E-state index >= 15 is 0 Å². The lowest BCUT2D eigenvalue weighted by atomic mass is 9.58. The van der Waals surface area contributed by atoms with Gasteiger partial charge in [0.25, 0.3) is 0 Å². The number of sulfone groups is 1. The molecule has 1 N–H and O–H groups in total. The van der Waals surface area contributed by atoms with Gasteiger partial charge in [-0.2, -0.15) is 0 Å². The van der Waals surface area contributed by atoms with Crippen molar-refractivity contribution in [1.82, 2.24) is 0 Å². The summed E-state index contributed by atoms with van der Waals surface area (Å²) in [5.74, 6) is 0.311. The molecule has 4 heteroatoms. The second-order valence-electron chi connectivity index (χ2n) is 5.47. The van der Waals surface area contributed by atoms with E-state index in [0.717, 1.165) is 12.0 Å². The number of aliphatic hydroxyl groups is 1. The van der Waals surface area contributed by atoms with E-state index in [1.165, 1.54) is 6.26 Å². The van der Waals surface area contributed by atoms with Gasteiger partial charge in [-0.1, -0.05) is 26.0 Å². The van der Waals surface area contributed by atoms with Crippen LogP contribution in [0.15, 0.2) is 29.2 Å². The lowest BCUT2D eigenvalue weighted by molar-refractivity contribution is -0.0625. The normalized spacial score (nSPS) is 27.5. The molecule has 17 heavy (non-hydrogen) atoms. The van der Waals surface area contributed by atoms with Crippen LogP contribution in [0.5, 0.6) is 0 Å². The highest BCUT2D eigenvalue weighted by Gasteiger charge is 2.47. The molecule has 1 aromatic rings. The van der Waals surface area contributed by atoms with Crippen molar-refractivity contribution in [3.05, 3.63) is 29.8 Å². The van der Waals surface area contributed by atoms with Crippen LogP contribution >= 0.6 is 0 Å². The first-order chi connectivity index (χ1) is 7.73. The van der Waals surface area contributed by atoms with Crippen LogP contribution in [0.3, 0.4) is 0 Å². The van der Waals surface area contributed by atoms with Crippen molar-refractivity contribution in [2.75, 3.05) is 6.26 Å². The van der Waals surface area contributed by atoms with E-state index in [2.05, 4.69) is 0 Å². The van der Waals surface area contributed by atoms with Gasteiger partial charge in [0.1, 0.15) is 0 Å². The summed E-state index contributed by atoms with van der Waals surface area (Å²) in [5, 5.41) is 9.70. The summed E-state index contributed by atoms with van der Waals surface area (Å²) >= 11 is 0. The summed E-state index contributed by atoms with van der Waals surface area (Å²) in [6.45, 7) is 4.08. The minimum Gasteiger partial charge on any atom is -0.393 e. The molecule has 1 aliphatic rings. The third-order valence-corrected chi connectivity index (χ3v) is 5.05. The molecule has 0 amide bonds. The Labute approximate surface area is 102 Å². The van der Waals surface area contributed by atoms with Crippen molar-refractivity contribution in [2.45, 2.75) is 37.2 Å². The summed E-state index contributed by atoms with van der Waals surface area (Å²) in [6.07, 6.45) is 1.70. The molecule has 2 rings (SSSR count). The predicted octanol–water partition coefficient (Wildman–Crippen LogP) is 1.96. The second-order valence-corrected chi connectivity index (χ2v) is 7.48. The van der Waals surface area contributed by atoms with Gasteiger partial charge >= 0.3 is 0 Å². The molecule has 1 fully saturated rings. The van der Waals surface area contributed by atoms with Gasteiger partial charge in [-0.25, -0.2) is 8.42 Å². The van der Waals surface area contributed by atoms with E-state index in [1.54, 1.807) is 12.1 Å². The van der Waals surface area contributed by atoms with Crippen molar-refractivity contribution in [2.24, 2.45) is 5.41 Å².